The second-order valence-electron chi connectivity index (χ2n) is 4.20. The van der Waals surface area contributed by atoms with Crippen molar-refractivity contribution in [2.75, 3.05) is 5.73 Å². The molecule has 0 aliphatic rings. The minimum atomic E-state index is -4.41. The monoisotopic (exact) mass is 282 g/mol. The molecule has 1 atom stereocenters. The lowest BCUT2D eigenvalue weighted by molar-refractivity contribution is -0.137. The van der Waals surface area contributed by atoms with Gasteiger partial charge in [-0.25, -0.2) is 10.4 Å². The summed E-state index contributed by atoms with van der Waals surface area (Å²) < 4.78 is 38.2. The number of rotatable bonds is 3. The highest BCUT2D eigenvalue weighted by Gasteiger charge is 2.31. The largest absolute Gasteiger partial charge is 0.416 e. The topological polar surface area (TPSA) is 77.0 Å². The molecule has 2 aromatic rings. The molecule has 20 heavy (non-hydrogen) atoms. The maximum atomic E-state index is 12.7. The standard InChI is InChI=1S/C13H13F3N4/c14-13(15,16)9-4-1-3-8(7-9)11(20-18)10-5-2-6-19-12(10)17/h1-7,11,20H,18H2,(H2,17,19). The Morgan fingerprint density at radius 3 is 2.50 bits per heavy atom. The smallest absolute Gasteiger partial charge is 0.383 e. The van der Waals surface area contributed by atoms with Crippen molar-refractivity contribution >= 4 is 5.82 Å². The number of hydrazine groups is 1. The van der Waals surface area contributed by atoms with Crippen molar-refractivity contribution in [3.8, 4) is 0 Å². The van der Waals surface area contributed by atoms with Crippen LogP contribution in [0.3, 0.4) is 0 Å². The van der Waals surface area contributed by atoms with Gasteiger partial charge in [0.15, 0.2) is 0 Å². The minimum Gasteiger partial charge on any atom is -0.383 e. The van der Waals surface area contributed by atoms with Crippen molar-refractivity contribution in [3.63, 3.8) is 0 Å². The van der Waals surface area contributed by atoms with Gasteiger partial charge in [0.1, 0.15) is 5.82 Å². The van der Waals surface area contributed by atoms with Crippen LogP contribution < -0.4 is 17.0 Å². The predicted octanol–water partition coefficient (Wildman–Crippen LogP) is 2.24. The van der Waals surface area contributed by atoms with Gasteiger partial charge in [-0.05, 0) is 23.8 Å². The molecule has 2 rings (SSSR count). The van der Waals surface area contributed by atoms with E-state index in [0.717, 1.165) is 12.1 Å². The molecule has 0 bridgehead atoms. The van der Waals surface area contributed by atoms with E-state index in [1.54, 1.807) is 18.2 Å². The van der Waals surface area contributed by atoms with E-state index in [0.29, 0.717) is 11.1 Å². The van der Waals surface area contributed by atoms with Gasteiger partial charge >= 0.3 is 6.18 Å². The molecule has 1 aromatic heterocycles. The van der Waals surface area contributed by atoms with Crippen molar-refractivity contribution in [2.45, 2.75) is 12.2 Å². The third-order valence-electron chi connectivity index (χ3n) is 2.90. The second kappa shape index (κ2) is 5.48. The van der Waals surface area contributed by atoms with Gasteiger partial charge in [-0.15, -0.1) is 0 Å². The summed E-state index contributed by atoms with van der Waals surface area (Å²) in [6.07, 6.45) is -2.91. The number of hydrogen-bond acceptors (Lipinski definition) is 4. The second-order valence-corrected chi connectivity index (χ2v) is 4.20. The van der Waals surface area contributed by atoms with Crippen LogP contribution >= 0.6 is 0 Å². The number of nitrogens with one attached hydrogen (secondary N) is 1. The van der Waals surface area contributed by atoms with Crippen LogP contribution in [0.4, 0.5) is 19.0 Å². The molecule has 0 spiro atoms. The Morgan fingerprint density at radius 1 is 1.15 bits per heavy atom. The molecule has 1 heterocycles. The van der Waals surface area contributed by atoms with Gasteiger partial charge in [0.05, 0.1) is 11.6 Å². The van der Waals surface area contributed by atoms with Gasteiger partial charge in [-0.3, -0.25) is 5.84 Å². The Labute approximate surface area is 113 Å². The highest BCUT2D eigenvalue weighted by atomic mass is 19.4. The first kappa shape index (κ1) is 14.3. The lowest BCUT2D eigenvalue weighted by atomic mass is 9.98. The molecule has 0 aliphatic carbocycles. The lowest BCUT2D eigenvalue weighted by Gasteiger charge is -2.19. The average Bonchev–Trinajstić information content (AvgIpc) is 2.41. The molecular weight excluding hydrogens is 269 g/mol. The van der Waals surface area contributed by atoms with E-state index >= 15 is 0 Å². The predicted molar refractivity (Wildman–Crippen MR) is 69.3 cm³/mol. The number of nitrogens with two attached hydrogens (primary N) is 2. The Bertz CT molecular complexity index is 598. The van der Waals surface area contributed by atoms with Gasteiger partial charge in [-0.1, -0.05) is 18.2 Å². The number of halogens is 3. The van der Waals surface area contributed by atoms with Crippen LogP contribution in [0.1, 0.15) is 22.7 Å². The Kier molecular flexibility index (Phi) is 3.91. The number of hydrogen-bond donors (Lipinski definition) is 3. The van der Waals surface area contributed by atoms with Crippen LogP contribution in [0.5, 0.6) is 0 Å². The molecule has 5 N–H and O–H groups in total. The molecule has 1 aromatic carbocycles. The molecular formula is C13H13F3N4. The Balaban J connectivity index is 2.46. The summed E-state index contributed by atoms with van der Waals surface area (Å²) in [5.74, 6) is 5.67. The van der Waals surface area contributed by atoms with Crippen molar-refractivity contribution < 1.29 is 13.2 Å². The zero-order chi connectivity index (χ0) is 14.8. The number of alkyl halides is 3. The van der Waals surface area contributed by atoms with E-state index in [4.69, 9.17) is 11.6 Å². The molecule has 0 radical (unpaired) electrons. The van der Waals surface area contributed by atoms with Crippen LogP contribution in [0.15, 0.2) is 42.6 Å². The molecule has 0 amide bonds. The molecule has 0 fully saturated rings. The number of benzene rings is 1. The van der Waals surface area contributed by atoms with E-state index in [1.165, 1.54) is 12.3 Å². The number of aromatic nitrogens is 1. The maximum absolute atomic E-state index is 12.7. The lowest BCUT2D eigenvalue weighted by Crippen LogP contribution is -2.29. The van der Waals surface area contributed by atoms with Crippen molar-refractivity contribution in [2.24, 2.45) is 5.84 Å². The summed E-state index contributed by atoms with van der Waals surface area (Å²) in [5.41, 5.74) is 8.34. The van der Waals surface area contributed by atoms with Gasteiger partial charge in [0, 0.05) is 11.8 Å². The van der Waals surface area contributed by atoms with Crippen molar-refractivity contribution in [1.29, 1.82) is 0 Å². The van der Waals surface area contributed by atoms with Crippen LogP contribution in [0, 0.1) is 0 Å². The molecule has 4 nitrogen and oxygen atoms in total. The number of nitrogen functional groups attached to an aromatic ring is 1. The Hall–Kier alpha value is -2.12. The number of pyridine rings is 1. The average molecular weight is 282 g/mol. The third kappa shape index (κ3) is 2.89. The molecule has 7 heteroatoms. The maximum Gasteiger partial charge on any atom is 0.416 e. The van der Waals surface area contributed by atoms with E-state index in [-0.39, 0.29) is 5.82 Å². The van der Waals surface area contributed by atoms with Crippen molar-refractivity contribution in [3.05, 3.63) is 59.3 Å². The van der Waals surface area contributed by atoms with E-state index in [2.05, 4.69) is 10.4 Å². The summed E-state index contributed by atoms with van der Waals surface area (Å²) in [6.45, 7) is 0. The third-order valence-corrected chi connectivity index (χ3v) is 2.90. The first-order valence-electron chi connectivity index (χ1n) is 5.77. The molecule has 0 saturated carbocycles. The van der Waals surface area contributed by atoms with E-state index in [1.807, 2.05) is 0 Å². The normalized spacial score (nSPS) is 13.2. The van der Waals surface area contributed by atoms with Gasteiger partial charge in [0.2, 0.25) is 0 Å². The molecule has 0 saturated heterocycles. The molecule has 1 unspecified atom stereocenters. The molecule has 0 aliphatic heterocycles. The number of anilines is 1. The summed E-state index contributed by atoms with van der Waals surface area (Å²) >= 11 is 0. The first-order valence-corrected chi connectivity index (χ1v) is 5.77. The Morgan fingerprint density at radius 2 is 1.90 bits per heavy atom. The SMILES string of the molecule is NNC(c1cccc(C(F)(F)F)c1)c1cccnc1N. The van der Waals surface area contributed by atoms with Gasteiger partial charge < -0.3 is 5.73 Å². The summed E-state index contributed by atoms with van der Waals surface area (Å²) in [4.78, 5) is 3.90. The number of nitrogens with zero attached hydrogens (tertiary/aromatic N) is 1. The van der Waals surface area contributed by atoms with Crippen LogP contribution in [0.2, 0.25) is 0 Å². The molecule has 106 valence electrons. The van der Waals surface area contributed by atoms with Crippen molar-refractivity contribution in [1.82, 2.24) is 10.4 Å². The summed E-state index contributed by atoms with van der Waals surface area (Å²) in [7, 11) is 0. The van der Waals surface area contributed by atoms with E-state index < -0.39 is 17.8 Å². The fourth-order valence-electron chi connectivity index (χ4n) is 1.93. The zero-order valence-corrected chi connectivity index (χ0v) is 10.4. The minimum absolute atomic E-state index is 0.216. The highest BCUT2D eigenvalue weighted by molar-refractivity contribution is 5.46. The summed E-state index contributed by atoms with van der Waals surface area (Å²) in [6, 6.07) is 7.56. The quantitative estimate of drug-likeness (QED) is 0.596. The summed E-state index contributed by atoms with van der Waals surface area (Å²) in [5, 5.41) is 0. The van der Waals surface area contributed by atoms with Gasteiger partial charge in [-0.2, -0.15) is 13.2 Å². The van der Waals surface area contributed by atoms with Gasteiger partial charge in [0.25, 0.3) is 0 Å². The van der Waals surface area contributed by atoms with Crippen LogP contribution in [0.25, 0.3) is 0 Å². The van der Waals surface area contributed by atoms with E-state index in [9.17, 15) is 13.2 Å². The van der Waals surface area contributed by atoms with Crippen LogP contribution in [-0.4, -0.2) is 4.98 Å². The first-order chi connectivity index (χ1) is 9.43. The zero-order valence-electron chi connectivity index (χ0n) is 10.4. The fraction of sp³-hybridized carbons (Fsp3) is 0.154. The van der Waals surface area contributed by atoms with Crippen LogP contribution in [-0.2, 0) is 6.18 Å². The fourth-order valence-corrected chi connectivity index (χ4v) is 1.93. The highest BCUT2D eigenvalue weighted by Crippen LogP contribution is 2.32.